The standard InChI is InChI=1S/C24H29BF3N2O2S.C2H7N.C2H6/c1-21(2,22(3,4)33)32-25-18-14-16(23(5)12-13-29-20(23)31)8-11-19(18)30-17-9-6-15(7-10-17)24(26,27)28;1-3-2;1-2/h6-11,14,30,33H,12-13H2,1-5H3,(H,29,31);3H,1-2H3;1-2H3. The molecule has 38 heavy (non-hydrogen) atoms. The zero-order chi connectivity index (χ0) is 29.4. The van der Waals surface area contributed by atoms with Crippen LogP contribution < -0.4 is 21.4 Å². The Morgan fingerprint density at radius 3 is 2.03 bits per heavy atom. The van der Waals surface area contributed by atoms with Gasteiger partial charge in [-0.3, -0.25) is 4.79 Å². The van der Waals surface area contributed by atoms with Crippen LogP contribution >= 0.6 is 12.6 Å². The number of rotatable bonds is 7. The lowest BCUT2D eigenvalue weighted by Crippen LogP contribution is -2.46. The molecular formula is C28H42BF3N3O2S. The highest BCUT2D eigenvalue weighted by Crippen LogP contribution is 2.34. The monoisotopic (exact) mass is 552 g/mol. The minimum atomic E-state index is -4.39. The summed E-state index contributed by atoms with van der Waals surface area (Å²) in [5.41, 5.74) is 0.682. The summed E-state index contributed by atoms with van der Waals surface area (Å²) in [5.74, 6) is -0.0327. The summed E-state index contributed by atoms with van der Waals surface area (Å²) in [5, 5.41) is 8.80. The van der Waals surface area contributed by atoms with Crippen molar-refractivity contribution in [3.63, 3.8) is 0 Å². The Labute approximate surface area is 232 Å². The van der Waals surface area contributed by atoms with Gasteiger partial charge in [0.05, 0.1) is 16.6 Å². The largest absolute Gasteiger partial charge is 0.428 e. The fourth-order valence-corrected chi connectivity index (χ4v) is 3.43. The van der Waals surface area contributed by atoms with Gasteiger partial charge in [0.2, 0.25) is 5.91 Å². The van der Waals surface area contributed by atoms with Crippen LogP contribution in [0.3, 0.4) is 0 Å². The average molecular weight is 553 g/mol. The summed E-state index contributed by atoms with van der Waals surface area (Å²) in [4.78, 5) is 12.5. The fourth-order valence-electron chi connectivity index (χ4n) is 3.38. The first-order valence-electron chi connectivity index (χ1n) is 12.7. The van der Waals surface area contributed by atoms with Crippen LogP contribution in [0.4, 0.5) is 24.5 Å². The van der Waals surface area contributed by atoms with Crippen LogP contribution in [0.5, 0.6) is 0 Å². The van der Waals surface area contributed by atoms with Crippen molar-refractivity contribution < 1.29 is 22.6 Å². The fraction of sp³-hybridized carbons (Fsp3) is 0.536. The first-order valence-corrected chi connectivity index (χ1v) is 13.2. The van der Waals surface area contributed by atoms with E-state index in [-0.39, 0.29) is 5.91 Å². The van der Waals surface area contributed by atoms with E-state index in [1.807, 2.05) is 80.8 Å². The number of carbonyl (C=O) groups is 1. The third kappa shape index (κ3) is 8.68. The Balaban J connectivity index is 0.00000135. The van der Waals surface area contributed by atoms with E-state index in [0.717, 1.165) is 17.7 Å². The first-order chi connectivity index (χ1) is 17.5. The molecule has 1 aliphatic heterocycles. The van der Waals surface area contributed by atoms with Gasteiger partial charge in [0.15, 0.2) is 0 Å². The van der Waals surface area contributed by atoms with E-state index in [4.69, 9.17) is 4.65 Å². The zero-order valence-electron chi connectivity index (χ0n) is 23.9. The van der Waals surface area contributed by atoms with Gasteiger partial charge in [-0.25, -0.2) is 0 Å². The van der Waals surface area contributed by atoms with Crippen LogP contribution in [0, 0.1) is 0 Å². The second-order valence-electron chi connectivity index (χ2n) is 10.1. The summed E-state index contributed by atoms with van der Waals surface area (Å²) >= 11 is 4.63. The molecule has 0 spiro atoms. The maximum Gasteiger partial charge on any atom is 0.416 e. The van der Waals surface area contributed by atoms with Crippen molar-refractivity contribution in [2.75, 3.05) is 26.0 Å². The summed E-state index contributed by atoms with van der Waals surface area (Å²) in [7, 11) is 5.37. The summed E-state index contributed by atoms with van der Waals surface area (Å²) in [6, 6.07) is 10.4. The molecule has 2 aromatic carbocycles. The maximum atomic E-state index is 12.9. The average Bonchev–Trinajstić information content (AvgIpc) is 3.18. The summed E-state index contributed by atoms with van der Waals surface area (Å²) < 4.78 is 44.4. The third-order valence-electron chi connectivity index (χ3n) is 6.55. The van der Waals surface area contributed by atoms with Gasteiger partial charge in [-0.1, -0.05) is 26.0 Å². The lowest BCUT2D eigenvalue weighted by molar-refractivity contribution is -0.137. The van der Waals surface area contributed by atoms with Crippen LogP contribution in [0.1, 0.15) is 66.0 Å². The predicted octanol–water partition coefficient (Wildman–Crippen LogP) is 5.84. The van der Waals surface area contributed by atoms with Gasteiger partial charge < -0.3 is 20.6 Å². The van der Waals surface area contributed by atoms with Gasteiger partial charge in [-0.2, -0.15) is 25.8 Å². The Bertz CT molecular complexity index is 1040. The minimum absolute atomic E-state index is 0.0327. The van der Waals surface area contributed by atoms with Crippen LogP contribution in [0.2, 0.25) is 0 Å². The lowest BCUT2D eigenvalue weighted by Gasteiger charge is -2.38. The van der Waals surface area contributed by atoms with Crippen molar-refractivity contribution >= 4 is 42.9 Å². The maximum absolute atomic E-state index is 12.9. The van der Waals surface area contributed by atoms with Crippen molar-refractivity contribution in [2.45, 2.75) is 76.8 Å². The van der Waals surface area contributed by atoms with E-state index >= 15 is 0 Å². The van der Waals surface area contributed by atoms with E-state index in [9.17, 15) is 18.0 Å². The molecule has 1 unspecified atom stereocenters. The normalized spacial score (nSPS) is 17.4. The second-order valence-corrected chi connectivity index (χ2v) is 11.3. The van der Waals surface area contributed by atoms with E-state index in [2.05, 4.69) is 28.6 Å². The van der Waals surface area contributed by atoms with Crippen molar-refractivity contribution in [1.29, 1.82) is 0 Å². The predicted molar refractivity (Wildman–Crippen MR) is 156 cm³/mol. The van der Waals surface area contributed by atoms with E-state index < -0.39 is 27.5 Å². The molecule has 0 bridgehead atoms. The van der Waals surface area contributed by atoms with Gasteiger partial charge in [-0.05, 0) is 96.5 Å². The Kier molecular flexibility index (Phi) is 12.3. The molecule has 1 aliphatic rings. The smallest absolute Gasteiger partial charge is 0.416 e. The number of halogens is 3. The number of benzene rings is 2. The second kappa shape index (κ2) is 13.8. The number of alkyl halides is 3. The Hall–Kier alpha value is -2.17. The number of carbonyl (C=O) groups excluding carboxylic acids is 1. The van der Waals surface area contributed by atoms with Gasteiger partial charge in [0.25, 0.3) is 0 Å². The summed E-state index contributed by atoms with van der Waals surface area (Å²) in [6.07, 6.45) is -3.72. The van der Waals surface area contributed by atoms with Gasteiger partial charge in [0.1, 0.15) is 0 Å². The SMILES string of the molecule is CC.CC1(c2ccc(Nc3ccc(C(F)(F)F)cc3)c([B]OC(C)(C)C(C)(C)S)c2)CCNC1=O.CNC. The highest BCUT2D eigenvalue weighted by Gasteiger charge is 2.40. The van der Waals surface area contributed by atoms with Gasteiger partial charge in [-0.15, -0.1) is 0 Å². The van der Waals surface area contributed by atoms with Crippen LogP contribution in [0.25, 0.3) is 0 Å². The molecule has 5 nitrogen and oxygen atoms in total. The quantitative estimate of drug-likeness (QED) is 0.258. The number of hydrogen-bond donors (Lipinski definition) is 4. The van der Waals surface area contributed by atoms with Crippen LogP contribution in [0.15, 0.2) is 42.5 Å². The molecule has 10 heteroatoms. The van der Waals surface area contributed by atoms with E-state index in [0.29, 0.717) is 29.8 Å². The molecule has 3 rings (SSSR count). The molecule has 0 aliphatic carbocycles. The van der Waals surface area contributed by atoms with E-state index in [1.54, 1.807) is 7.48 Å². The van der Waals surface area contributed by atoms with Crippen molar-refractivity contribution in [3.05, 3.63) is 53.6 Å². The molecule has 211 valence electrons. The molecule has 1 radical (unpaired) electrons. The molecular weight excluding hydrogens is 510 g/mol. The molecule has 1 heterocycles. The molecule has 1 fully saturated rings. The van der Waals surface area contributed by atoms with Crippen LogP contribution in [-0.4, -0.2) is 44.4 Å². The molecule has 1 atom stereocenters. The Morgan fingerprint density at radius 2 is 1.58 bits per heavy atom. The number of hydrogen-bond acceptors (Lipinski definition) is 5. The lowest BCUT2D eigenvalue weighted by atomic mass is 9.76. The third-order valence-corrected chi connectivity index (χ3v) is 7.08. The van der Waals surface area contributed by atoms with Crippen molar-refractivity contribution in [2.24, 2.45) is 0 Å². The minimum Gasteiger partial charge on any atom is -0.428 e. The molecule has 0 aromatic heterocycles. The van der Waals surface area contributed by atoms with Crippen molar-refractivity contribution in [3.8, 4) is 0 Å². The summed E-state index contributed by atoms with van der Waals surface area (Å²) in [6.45, 7) is 14.3. The highest BCUT2D eigenvalue weighted by atomic mass is 32.1. The Morgan fingerprint density at radius 1 is 1.03 bits per heavy atom. The highest BCUT2D eigenvalue weighted by molar-refractivity contribution is 7.81. The number of nitrogens with one attached hydrogen (secondary N) is 3. The molecule has 2 aromatic rings. The number of amides is 1. The number of thiol groups is 1. The molecule has 1 amide bonds. The van der Waals surface area contributed by atoms with Gasteiger partial charge >= 0.3 is 13.7 Å². The molecule has 3 N–H and O–H groups in total. The molecule has 1 saturated heterocycles. The molecule has 0 saturated carbocycles. The zero-order valence-corrected chi connectivity index (χ0v) is 24.8. The number of anilines is 2. The topological polar surface area (TPSA) is 62.4 Å². The van der Waals surface area contributed by atoms with Crippen molar-refractivity contribution in [1.82, 2.24) is 10.6 Å². The van der Waals surface area contributed by atoms with E-state index in [1.165, 1.54) is 12.1 Å². The first kappa shape index (κ1) is 33.9. The van der Waals surface area contributed by atoms with Crippen LogP contribution in [-0.2, 0) is 21.0 Å². The van der Waals surface area contributed by atoms with Gasteiger partial charge in [0, 0.05) is 22.7 Å².